The van der Waals surface area contributed by atoms with Gasteiger partial charge in [-0.3, -0.25) is 4.79 Å². The van der Waals surface area contributed by atoms with E-state index in [1.165, 1.54) is 0 Å². The third kappa shape index (κ3) is 4.03. The molecular formula is C22H28N4O2. The molecule has 148 valence electrons. The number of amides is 1. The number of carbonyl (C=O) groups is 1. The Hall–Kier alpha value is -2.44. The van der Waals surface area contributed by atoms with Gasteiger partial charge in [-0.05, 0) is 44.0 Å². The molecule has 1 spiro atoms. The van der Waals surface area contributed by atoms with Crippen molar-refractivity contribution in [3.8, 4) is 0 Å². The number of piperidine rings is 1. The van der Waals surface area contributed by atoms with E-state index >= 15 is 0 Å². The molecule has 0 radical (unpaired) electrons. The predicted molar refractivity (Wildman–Crippen MR) is 110 cm³/mol. The SMILES string of the molecule is CC1OC2(CCN(CCc3cccc(N)n3)CC2)CN(c2ccccc2)C1=O. The van der Waals surface area contributed by atoms with Crippen LogP contribution < -0.4 is 10.6 Å². The van der Waals surface area contributed by atoms with Crippen LogP contribution in [0.4, 0.5) is 11.5 Å². The highest BCUT2D eigenvalue weighted by Gasteiger charge is 2.45. The summed E-state index contributed by atoms with van der Waals surface area (Å²) in [4.78, 5) is 21.4. The lowest BCUT2D eigenvalue weighted by Crippen LogP contribution is -2.61. The van der Waals surface area contributed by atoms with Crippen molar-refractivity contribution >= 4 is 17.4 Å². The molecule has 0 aliphatic carbocycles. The molecular weight excluding hydrogens is 352 g/mol. The van der Waals surface area contributed by atoms with E-state index in [2.05, 4.69) is 9.88 Å². The van der Waals surface area contributed by atoms with E-state index < -0.39 is 6.10 Å². The summed E-state index contributed by atoms with van der Waals surface area (Å²) in [5.41, 5.74) is 7.50. The van der Waals surface area contributed by atoms with Gasteiger partial charge in [-0.1, -0.05) is 24.3 Å². The molecule has 3 heterocycles. The van der Waals surface area contributed by atoms with Crippen molar-refractivity contribution in [2.45, 2.75) is 37.9 Å². The standard InChI is InChI=1S/C22H28N4O2/c1-17-21(27)26(19-7-3-2-4-8-19)16-22(28-17)11-14-25(15-12-22)13-10-18-6-5-9-20(23)24-18/h2-9,17H,10-16H2,1H3,(H2,23,24). The molecule has 2 aromatic rings. The number of likely N-dealkylation sites (tertiary alicyclic amines) is 1. The maximum absolute atomic E-state index is 12.7. The summed E-state index contributed by atoms with van der Waals surface area (Å²) >= 11 is 0. The number of nitrogens with zero attached hydrogens (tertiary/aromatic N) is 3. The van der Waals surface area contributed by atoms with Crippen LogP contribution in [0, 0.1) is 0 Å². The van der Waals surface area contributed by atoms with E-state index in [1.807, 2.05) is 60.4 Å². The minimum Gasteiger partial charge on any atom is -0.384 e. The Morgan fingerprint density at radius 1 is 1.14 bits per heavy atom. The summed E-state index contributed by atoms with van der Waals surface area (Å²) in [7, 11) is 0. The van der Waals surface area contributed by atoms with Crippen LogP contribution in [0.15, 0.2) is 48.5 Å². The van der Waals surface area contributed by atoms with Gasteiger partial charge < -0.3 is 20.3 Å². The fourth-order valence-electron chi connectivity index (χ4n) is 4.24. The van der Waals surface area contributed by atoms with E-state index in [1.54, 1.807) is 0 Å². The molecule has 1 unspecified atom stereocenters. The van der Waals surface area contributed by atoms with Crippen LogP contribution in [0.5, 0.6) is 0 Å². The second-order valence-corrected chi connectivity index (χ2v) is 7.85. The molecule has 2 aliphatic heterocycles. The second kappa shape index (κ2) is 7.89. The summed E-state index contributed by atoms with van der Waals surface area (Å²) in [6.07, 6.45) is 2.34. The number of morpholine rings is 1. The number of para-hydroxylation sites is 1. The Labute approximate surface area is 166 Å². The summed E-state index contributed by atoms with van der Waals surface area (Å²) in [6.45, 7) is 5.39. The summed E-state index contributed by atoms with van der Waals surface area (Å²) in [5.74, 6) is 0.623. The van der Waals surface area contributed by atoms with E-state index in [0.717, 1.165) is 50.3 Å². The molecule has 2 aliphatic rings. The van der Waals surface area contributed by atoms with Crippen molar-refractivity contribution < 1.29 is 9.53 Å². The quantitative estimate of drug-likeness (QED) is 0.882. The molecule has 2 fully saturated rings. The molecule has 1 atom stereocenters. The highest BCUT2D eigenvalue weighted by atomic mass is 16.5. The average Bonchev–Trinajstić information content (AvgIpc) is 2.71. The number of hydrogen-bond acceptors (Lipinski definition) is 5. The number of anilines is 2. The van der Waals surface area contributed by atoms with Crippen molar-refractivity contribution in [3.05, 3.63) is 54.2 Å². The fourth-order valence-corrected chi connectivity index (χ4v) is 4.24. The zero-order valence-corrected chi connectivity index (χ0v) is 16.4. The topological polar surface area (TPSA) is 71.7 Å². The van der Waals surface area contributed by atoms with Crippen LogP contribution >= 0.6 is 0 Å². The van der Waals surface area contributed by atoms with Crippen molar-refractivity contribution in [1.29, 1.82) is 0 Å². The fraction of sp³-hybridized carbons (Fsp3) is 0.455. The maximum Gasteiger partial charge on any atom is 0.255 e. The monoisotopic (exact) mass is 380 g/mol. The van der Waals surface area contributed by atoms with Crippen molar-refractivity contribution in [1.82, 2.24) is 9.88 Å². The average molecular weight is 380 g/mol. The van der Waals surface area contributed by atoms with Crippen molar-refractivity contribution in [2.75, 3.05) is 36.8 Å². The smallest absolute Gasteiger partial charge is 0.255 e. The van der Waals surface area contributed by atoms with Crippen LogP contribution in [0.2, 0.25) is 0 Å². The second-order valence-electron chi connectivity index (χ2n) is 7.85. The van der Waals surface area contributed by atoms with Gasteiger partial charge in [0.1, 0.15) is 11.9 Å². The number of hydrogen-bond donors (Lipinski definition) is 1. The number of nitrogens with two attached hydrogens (primary N) is 1. The Kier molecular flexibility index (Phi) is 5.33. The van der Waals surface area contributed by atoms with Gasteiger partial charge in [0, 0.05) is 37.4 Å². The number of benzene rings is 1. The lowest BCUT2D eigenvalue weighted by molar-refractivity contribution is -0.161. The molecule has 2 N–H and O–H groups in total. The summed E-state index contributed by atoms with van der Waals surface area (Å²) < 4.78 is 6.26. The number of rotatable bonds is 4. The Balaban J connectivity index is 1.38. The molecule has 6 nitrogen and oxygen atoms in total. The highest BCUT2D eigenvalue weighted by molar-refractivity contribution is 5.97. The molecule has 1 aromatic heterocycles. The third-order valence-electron chi connectivity index (χ3n) is 5.83. The van der Waals surface area contributed by atoms with Gasteiger partial charge in [0.2, 0.25) is 0 Å². The molecule has 1 aromatic carbocycles. The molecule has 1 amide bonds. The van der Waals surface area contributed by atoms with Gasteiger partial charge in [-0.15, -0.1) is 0 Å². The van der Waals surface area contributed by atoms with Gasteiger partial charge >= 0.3 is 0 Å². The Bertz CT molecular complexity index is 818. The highest BCUT2D eigenvalue weighted by Crippen LogP contribution is 2.35. The van der Waals surface area contributed by atoms with Crippen molar-refractivity contribution in [3.63, 3.8) is 0 Å². The minimum absolute atomic E-state index is 0.0481. The van der Waals surface area contributed by atoms with Crippen LogP contribution in [0.3, 0.4) is 0 Å². The minimum atomic E-state index is -0.406. The number of nitrogen functional groups attached to an aromatic ring is 1. The van der Waals surface area contributed by atoms with Crippen LogP contribution in [0.25, 0.3) is 0 Å². The molecule has 4 rings (SSSR count). The van der Waals surface area contributed by atoms with E-state index in [-0.39, 0.29) is 11.5 Å². The van der Waals surface area contributed by atoms with E-state index in [4.69, 9.17) is 10.5 Å². The normalized spacial score (nSPS) is 22.5. The Morgan fingerprint density at radius 3 is 2.61 bits per heavy atom. The van der Waals surface area contributed by atoms with E-state index in [9.17, 15) is 4.79 Å². The number of pyridine rings is 1. The van der Waals surface area contributed by atoms with Gasteiger partial charge in [0.25, 0.3) is 5.91 Å². The van der Waals surface area contributed by atoms with Crippen LogP contribution in [0.1, 0.15) is 25.5 Å². The van der Waals surface area contributed by atoms with Gasteiger partial charge in [-0.25, -0.2) is 4.98 Å². The molecule has 2 saturated heterocycles. The van der Waals surface area contributed by atoms with E-state index in [0.29, 0.717) is 12.4 Å². The predicted octanol–water partition coefficient (Wildman–Crippen LogP) is 2.49. The summed E-state index contributed by atoms with van der Waals surface area (Å²) in [6, 6.07) is 15.7. The zero-order chi connectivity index (χ0) is 19.6. The Morgan fingerprint density at radius 2 is 1.89 bits per heavy atom. The number of ether oxygens (including phenoxy) is 1. The van der Waals surface area contributed by atoms with Gasteiger partial charge in [0.05, 0.1) is 12.1 Å². The first-order valence-electron chi connectivity index (χ1n) is 10.0. The lowest BCUT2D eigenvalue weighted by Gasteiger charge is -2.49. The molecule has 6 heteroatoms. The first kappa shape index (κ1) is 18.9. The third-order valence-corrected chi connectivity index (χ3v) is 5.83. The maximum atomic E-state index is 12.7. The van der Waals surface area contributed by atoms with Gasteiger partial charge in [-0.2, -0.15) is 0 Å². The molecule has 0 saturated carbocycles. The number of carbonyl (C=O) groups excluding carboxylic acids is 1. The number of aromatic nitrogens is 1. The lowest BCUT2D eigenvalue weighted by atomic mass is 9.88. The van der Waals surface area contributed by atoms with Crippen LogP contribution in [-0.2, 0) is 16.0 Å². The molecule has 28 heavy (non-hydrogen) atoms. The zero-order valence-electron chi connectivity index (χ0n) is 16.4. The largest absolute Gasteiger partial charge is 0.384 e. The molecule has 0 bridgehead atoms. The first-order valence-corrected chi connectivity index (χ1v) is 10.0. The first-order chi connectivity index (χ1) is 13.5. The van der Waals surface area contributed by atoms with Crippen molar-refractivity contribution in [2.24, 2.45) is 0 Å². The van der Waals surface area contributed by atoms with Crippen LogP contribution in [-0.4, -0.2) is 53.7 Å². The van der Waals surface area contributed by atoms with Gasteiger partial charge in [0.15, 0.2) is 0 Å². The summed E-state index contributed by atoms with van der Waals surface area (Å²) in [5, 5.41) is 0.